The van der Waals surface area contributed by atoms with Crippen LogP contribution in [-0.2, 0) is 0 Å². The summed E-state index contributed by atoms with van der Waals surface area (Å²) in [7, 11) is 0. The highest BCUT2D eigenvalue weighted by Gasteiger charge is 2.12. The number of nitrogens with zero attached hydrogens (tertiary/aromatic N) is 1. The molecule has 0 spiro atoms. The van der Waals surface area contributed by atoms with E-state index in [4.69, 9.17) is 5.73 Å². The van der Waals surface area contributed by atoms with E-state index in [1.807, 2.05) is 24.4 Å². The Balaban J connectivity index is 2.09. The number of nitrogens with two attached hydrogens (primary N) is 1. The van der Waals surface area contributed by atoms with Crippen LogP contribution in [0.15, 0.2) is 36.0 Å². The number of pyridine rings is 1. The fourth-order valence-corrected chi connectivity index (χ4v) is 2.41. The summed E-state index contributed by atoms with van der Waals surface area (Å²) >= 11 is 1.62. The summed E-state index contributed by atoms with van der Waals surface area (Å²) in [5, 5.41) is 4.93. The van der Waals surface area contributed by atoms with E-state index >= 15 is 0 Å². The highest BCUT2D eigenvalue weighted by molar-refractivity contribution is 7.10. The Bertz CT molecular complexity index is 641. The second-order valence-corrected chi connectivity index (χ2v) is 5.16. The van der Waals surface area contributed by atoms with Gasteiger partial charge in [0.25, 0.3) is 5.91 Å². The lowest BCUT2D eigenvalue weighted by Gasteiger charge is -2.12. The number of hydrogen-bond donors (Lipinski definition) is 2. The fraction of sp³-hybridized carbons (Fsp3) is 0.200. The number of carbonyl (C=O) groups excluding carboxylic acids is 1. The van der Waals surface area contributed by atoms with Gasteiger partial charge in [-0.1, -0.05) is 17.9 Å². The van der Waals surface area contributed by atoms with Crippen LogP contribution in [0, 0.1) is 11.8 Å². The molecular weight excluding hydrogens is 270 g/mol. The van der Waals surface area contributed by atoms with Crippen molar-refractivity contribution >= 4 is 17.2 Å². The van der Waals surface area contributed by atoms with Gasteiger partial charge in [0.15, 0.2) is 0 Å². The standard InChI is InChI=1S/C15H15N3OS/c1-11(14-5-3-7-20-14)18-15(19)13-8-12(4-2-6-16)9-17-10-13/h3,5,7-11H,6,16H2,1H3,(H,18,19). The summed E-state index contributed by atoms with van der Waals surface area (Å²) in [6.45, 7) is 2.24. The van der Waals surface area contributed by atoms with Crippen molar-refractivity contribution in [2.75, 3.05) is 6.54 Å². The quantitative estimate of drug-likeness (QED) is 0.847. The average molecular weight is 285 g/mol. The average Bonchev–Trinajstić information content (AvgIpc) is 2.99. The lowest BCUT2D eigenvalue weighted by Crippen LogP contribution is -2.26. The van der Waals surface area contributed by atoms with Gasteiger partial charge in [-0.2, -0.15) is 0 Å². The van der Waals surface area contributed by atoms with Gasteiger partial charge < -0.3 is 11.1 Å². The van der Waals surface area contributed by atoms with Gasteiger partial charge in [0, 0.05) is 22.8 Å². The molecule has 20 heavy (non-hydrogen) atoms. The highest BCUT2D eigenvalue weighted by Crippen LogP contribution is 2.18. The molecule has 0 aromatic carbocycles. The van der Waals surface area contributed by atoms with Crippen LogP contribution in [0.2, 0.25) is 0 Å². The Kier molecular flexibility index (Phi) is 4.88. The van der Waals surface area contributed by atoms with Gasteiger partial charge in [0.2, 0.25) is 0 Å². The van der Waals surface area contributed by atoms with E-state index in [0.717, 1.165) is 4.88 Å². The molecule has 3 N–H and O–H groups in total. The number of aromatic nitrogens is 1. The molecule has 0 aliphatic heterocycles. The van der Waals surface area contributed by atoms with E-state index in [0.29, 0.717) is 11.1 Å². The molecule has 0 radical (unpaired) electrons. The van der Waals surface area contributed by atoms with E-state index in [1.54, 1.807) is 23.6 Å². The van der Waals surface area contributed by atoms with Crippen LogP contribution in [0.3, 0.4) is 0 Å². The molecule has 2 aromatic rings. The van der Waals surface area contributed by atoms with E-state index in [1.165, 1.54) is 6.20 Å². The third-order valence-electron chi connectivity index (χ3n) is 2.65. The largest absolute Gasteiger partial charge is 0.345 e. The molecule has 4 nitrogen and oxygen atoms in total. The first-order valence-electron chi connectivity index (χ1n) is 6.19. The molecule has 0 saturated carbocycles. The molecule has 2 heterocycles. The number of hydrogen-bond acceptors (Lipinski definition) is 4. The minimum absolute atomic E-state index is 0.0266. The molecule has 0 aliphatic rings. The minimum atomic E-state index is -0.158. The number of rotatable bonds is 3. The van der Waals surface area contributed by atoms with E-state index < -0.39 is 0 Å². The Labute approximate surface area is 122 Å². The van der Waals surface area contributed by atoms with E-state index in [2.05, 4.69) is 22.1 Å². The zero-order chi connectivity index (χ0) is 14.4. The normalized spacial score (nSPS) is 11.3. The van der Waals surface area contributed by atoms with Gasteiger partial charge in [-0.25, -0.2) is 0 Å². The van der Waals surface area contributed by atoms with Crippen LogP contribution >= 0.6 is 11.3 Å². The SMILES string of the molecule is CC(NC(=O)c1cncc(C#CCN)c1)c1cccs1. The molecule has 0 fully saturated rings. The smallest absolute Gasteiger partial charge is 0.253 e. The summed E-state index contributed by atoms with van der Waals surface area (Å²) < 4.78 is 0. The number of nitrogens with one attached hydrogen (secondary N) is 1. The fourth-order valence-electron chi connectivity index (χ4n) is 1.67. The lowest BCUT2D eigenvalue weighted by molar-refractivity contribution is 0.0940. The van der Waals surface area contributed by atoms with Crippen molar-refractivity contribution < 1.29 is 4.79 Å². The molecule has 2 rings (SSSR count). The summed E-state index contributed by atoms with van der Waals surface area (Å²) in [6.07, 6.45) is 3.15. The first-order valence-corrected chi connectivity index (χ1v) is 7.07. The maximum atomic E-state index is 12.2. The molecule has 2 aromatic heterocycles. The van der Waals surface area contributed by atoms with Crippen molar-refractivity contribution in [3.63, 3.8) is 0 Å². The van der Waals surface area contributed by atoms with Gasteiger partial charge >= 0.3 is 0 Å². The van der Waals surface area contributed by atoms with E-state index in [9.17, 15) is 4.79 Å². The third-order valence-corrected chi connectivity index (χ3v) is 3.71. The van der Waals surface area contributed by atoms with Crippen LogP contribution in [0.5, 0.6) is 0 Å². The van der Waals surface area contributed by atoms with Crippen molar-refractivity contribution in [2.24, 2.45) is 5.73 Å². The van der Waals surface area contributed by atoms with Crippen molar-refractivity contribution in [3.8, 4) is 11.8 Å². The Morgan fingerprint density at radius 2 is 2.40 bits per heavy atom. The summed E-state index contributed by atoms with van der Waals surface area (Å²) in [5.41, 5.74) is 6.51. The number of carbonyl (C=O) groups is 1. The molecule has 0 saturated heterocycles. The first-order chi connectivity index (χ1) is 9.70. The third kappa shape index (κ3) is 3.67. The summed E-state index contributed by atoms with van der Waals surface area (Å²) in [5.74, 6) is 5.45. The molecular formula is C15H15N3OS. The van der Waals surface area contributed by atoms with Crippen molar-refractivity contribution in [3.05, 3.63) is 52.0 Å². The Morgan fingerprint density at radius 3 is 3.10 bits per heavy atom. The molecule has 5 heteroatoms. The zero-order valence-electron chi connectivity index (χ0n) is 11.1. The maximum absolute atomic E-state index is 12.2. The second kappa shape index (κ2) is 6.85. The van der Waals surface area contributed by atoms with Crippen LogP contribution in [0.4, 0.5) is 0 Å². The van der Waals surface area contributed by atoms with Gasteiger partial charge in [-0.3, -0.25) is 9.78 Å². The minimum Gasteiger partial charge on any atom is -0.345 e. The monoisotopic (exact) mass is 285 g/mol. The number of amides is 1. The maximum Gasteiger partial charge on any atom is 0.253 e. The molecule has 0 aliphatic carbocycles. The van der Waals surface area contributed by atoms with Crippen molar-refractivity contribution in [2.45, 2.75) is 13.0 Å². The van der Waals surface area contributed by atoms with Gasteiger partial charge in [-0.05, 0) is 24.4 Å². The van der Waals surface area contributed by atoms with Crippen LogP contribution < -0.4 is 11.1 Å². The van der Waals surface area contributed by atoms with Crippen molar-refractivity contribution in [1.82, 2.24) is 10.3 Å². The van der Waals surface area contributed by atoms with Gasteiger partial charge in [0.1, 0.15) is 0 Å². The van der Waals surface area contributed by atoms with Crippen LogP contribution in [-0.4, -0.2) is 17.4 Å². The molecule has 1 unspecified atom stereocenters. The van der Waals surface area contributed by atoms with Crippen LogP contribution in [0.25, 0.3) is 0 Å². The topological polar surface area (TPSA) is 68.0 Å². The van der Waals surface area contributed by atoms with Crippen molar-refractivity contribution in [1.29, 1.82) is 0 Å². The summed E-state index contributed by atoms with van der Waals surface area (Å²) in [6, 6.07) is 5.65. The zero-order valence-corrected chi connectivity index (χ0v) is 11.9. The van der Waals surface area contributed by atoms with Gasteiger partial charge in [-0.15, -0.1) is 11.3 Å². The van der Waals surface area contributed by atoms with E-state index in [-0.39, 0.29) is 18.5 Å². The van der Waals surface area contributed by atoms with Crippen LogP contribution in [0.1, 0.15) is 33.8 Å². The number of thiophene rings is 1. The molecule has 0 bridgehead atoms. The van der Waals surface area contributed by atoms with Gasteiger partial charge in [0.05, 0.1) is 18.2 Å². The predicted molar refractivity (Wildman–Crippen MR) is 80.4 cm³/mol. The summed E-state index contributed by atoms with van der Waals surface area (Å²) in [4.78, 5) is 17.3. The second-order valence-electron chi connectivity index (χ2n) is 4.18. The Hall–Kier alpha value is -2.16. The molecule has 102 valence electrons. The molecule has 1 atom stereocenters. The first kappa shape index (κ1) is 14.3. The lowest BCUT2D eigenvalue weighted by atomic mass is 10.2. The Morgan fingerprint density at radius 1 is 1.55 bits per heavy atom. The highest BCUT2D eigenvalue weighted by atomic mass is 32.1. The predicted octanol–water partition coefficient (Wildman–Crippen LogP) is 1.94. The molecule has 1 amide bonds.